The van der Waals surface area contributed by atoms with Gasteiger partial charge in [-0.25, -0.2) is 0 Å². The third-order valence-electron chi connectivity index (χ3n) is 2.46. The van der Waals surface area contributed by atoms with Gasteiger partial charge in [-0.2, -0.15) is 0 Å². The molecule has 0 unspecified atom stereocenters. The minimum absolute atomic E-state index is 0.0713. The van der Waals surface area contributed by atoms with Crippen molar-refractivity contribution in [2.24, 2.45) is 0 Å². The van der Waals surface area contributed by atoms with Gasteiger partial charge in [0.25, 0.3) is 0 Å². The second-order valence-corrected chi connectivity index (χ2v) is 3.91. The Labute approximate surface area is 102 Å². The van der Waals surface area contributed by atoms with Gasteiger partial charge in [0.2, 0.25) is 6.79 Å². The summed E-state index contributed by atoms with van der Waals surface area (Å²) in [4.78, 5) is 0. The highest BCUT2D eigenvalue weighted by Gasteiger charge is 2.26. The van der Waals surface area contributed by atoms with E-state index in [1.54, 1.807) is 18.2 Å². The van der Waals surface area contributed by atoms with Crippen LogP contribution in [0.5, 0.6) is 11.5 Å². The Morgan fingerprint density at radius 3 is 2.72 bits per heavy atom. The molecule has 0 aromatic heterocycles. The van der Waals surface area contributed by atoms with E-state index in [9.17, 15) is 12.9 Å². The summed E-state index contributed by atoms with van der Waals surface area (Å²) in [5, 5.41) is 0. The van der Waals surface area contributed by atoms with Gasteiger partial charge in [0.05, 0.1) is 6.61 Å². The van der Waals surface area contributed by atoms with Crippen LogP contribution in [-0.4, -0.2) is 20.4 Å². The van der Waals surface area contributed by atoms with Crippen LogP contribution in [0.1, 0.15) is 5.56 Å². The van der Waals surface area contributed by atoms with Gasteiger partial charge in [0.1, 0.15) is 0 Å². The number of rotatable bonds is 5. The highest BCUT2D eigenvalue weighted by molar-refractivity contribution is 6.66. The zero-order valence-corrected chi connectivity index (χ0v) is 9.50. The van der Waals surface area contributed by atoms with E-state index in [0.717, 1.165) is 5.56 Å². The molecule has 0 spiro atoms. The monoisotopic (exact) mass is 259 g/mol. The first-order valence-corrected chi connectivity index (χ1v) is 5.30. The molecule has 0 aliphatic carbocycles. The maximum absolute atomic E-state index is 12.2. The predicted octanol–water partition coefficient (Wildman–Crippen LogP) is 2.87. The molecule has 0 saturated carbocycles. The van der Waals surface area contributed by atoms with Gasteiger partial charge in [-0.05, 0) is 17.7 Å². The molecule has 7 heteroatoms. The number of halogens is 3. The third-order valence-corrected chi connectivity index (χ3v) is 2.46. The van der Waals surface area contributed by atoms with Crippen molar-refractivity contribution in [3.63, 3.8) is 0 Å². The Balaban J connectivity index is 1.86. The SMILES string of the molecule is C=C(COCc1ccc2c(c1)OCO2)[B-](F)(F)F. The first-order valence-electron chi connectivity index (χ1n) is 5.30. The first-order chi connectivity index (χ1) is 8.47. The Hall–Kier alpha value is -1.63. The molecule has 18 heavy (non-hydrogen) atoms. The van der Waals surface area contributed by atoms with Gasteiger partial charge in [0.15, 0.2) is 11.5 Å². The lowest BCUT2D eigenvalue weighted by molar-refractivity contribution is 0.143. The molecule has 1 aliphatic rings. The van der Waals surface area contributed by atoms with Gasteiger partial charge in [-0.1, -0.05) is 6.07 Å². The van der Waals surface area contributed by atoms with E-state index in [-0.39, 0.29) is 13.4 Å². The van der Waals surface area contributed by atoms with E-state index < -0.39 is 19.1 Å². The number of fused-ring (bicyclic) bond motifs is 1. The standard InChI is InChI=1S/C11H11BF3O3/c1-8(12(13,14)15)5-16-6-9-2-3-10-11(4-9)18-7-17-10/h2-4H,1,5-7H2/q-1. The van der Waals surface area contributed by atoms with Crippen LogP contribution in [-0.2, 0) is 11.3 Å². The second-order valence-electron chi connectivity index (χ2n) is 3.91. The summed E-state index contributed by atoms with van der Waals surface area (Å²) < 4.78 is 51.8. The van der Waals surface area contributed by atoms with Gasteiger partial charge in [0, 0.05) is 6.61 Å². The maximum Gasteiger partial charge on any atom is 0.507 e. The summed E-state index contributed by atoms with van der Waals surface area (Å²) in [5.41, 5.74) is -0.113. The molecule has 0 saturated heterocycles. The molecule has 0 radical (unpaired) electrons. The summed E-state index contributed by atoms with van der Waals surface area (Å²) in [6.07, 6.45) is 0. The van der Waals surface area contributed by atoms with Crippen LogP contribution in [0.2, 0.25) is 0 Å². The van der Waals surface area contributed by atoms with Gasteiger partial charge in [-0.3, -0.25) is 0 Å². The number of benzene rings is 1. The van der Waals surface area contributed by atoms with Crippen LogP contribution in [0.25, 0.3) is 0 Å². The van der Waals surface area contributed by atoms with Crippen LogP contribution in [0.3, 0.4) is 0 Å². The molecular formula is C11H11BF3O3-. The van der Waals surface area contributed by atoms with E-state index in [0.29, 0.717) is 11.5 Å². The van der Waals surface area contributed by atoms with Crippen molar-refractivity contribution in [3.05, 3.63) is 35.8 Å². The average Bonchev–Trinajstić information content (AvgIpc) is 2.74. The maximum atomic E-state index is 12.2. The fourth-order valence-corrected chi connectivity index (χ4v) is 1.43. The van der Waals surface area contributed by atoms with E-state index in [1.165, 1.54) is 0 Å². The molecule has 98 valence electrons. The summed E-state index contributed by atoms with van der Waals surface area (Å²) in [6, 6.07) is 5.10. The summed E-state index contributed by atoms with van der Waals surface area (Å²) in [7, 11) is 0. The number of ether oxygens (including phenoxy) is 3. The van der Waals surface area contributed by atoms with Crippen molar-refractivity contribution >= 4 is 6.98 Å². The van der Waals surface area contributed by atoms with Crippen molar-refractivity contribution in [2.45, 2.75) is 6.61 Å². The molecule has 0 fully saturated rings. The first kappa shape index (κ1) is 12.8. The largest absolute Gasteiger partial charge is 0.507 e. The van der Waals surface area contributed by atoms with Gasteiger partial charge in [-0.15, -0.1) is 12.1 Å². The minimum atomic E-state index is -5.03. The minimum Gasteiger partial charge on any atom is -0.454 e. The van der Waals surface area contributed by atoms with E-state index in [4.69, 9.17) is 14.2 Å². The Bertz CT molecular complexity index is 459. The van der Waals surface area contributed by atoms with Crippen molar-refractivity contribution in [3.8, 4) is 11.5 Å². The average molecular weight is 259 g/mol. The van der Waals surface area contributed by atoms with Crippen molar-refractivity contribution in [1.82, 2.24) is 0 Å². The normalized spacial score (nSPS) is 13.7. The van der Waals surface area contributed by atoms with E-state index in [1.807, 2.05) is 0 Å². The van der Waals surface area contributed by atoms with Crippen molar-refractivity contribution in [2.75, 3.05) is 13.4 Å². The Morgan fingerprint density at radius 2 is 2.00 bits per heavy atom. The summed E-state index contributed by atoms with van der Waals surface area (Å²) in [5.74, 6) is 1.21. The third kappa shape index (κ3) is 2.98. The molecule has 0 atom stereocenters. The number of hydrogen-bond donors (Lipinski definition) is 0. The Morgan fingerprint density at radius 1 is 1.28 bits per heavy atom. The van der Waals surface area contributed by atoms with Crippen LogP contribution >= 0.6 is 0 Å². The van der Waals surface area contributed by atoms with E-state index in [2.05, 4.69) is 6.58 Å². The van der Waals surface area contributed by atoms with Gasteiger partial charge >= 0.3 is 6.98 Å². The zero-order valence-electron chi connectivity index (χ0n) is 9.50. The van der Waals surface area contributed by atoms with Crippen LogP contribution in [0.4, 0.5) is 12.9 Å². The van der Waals surface area contributed by atoms with Crippen LogP contribution in [0, 0.1) is 0 Å². The van der Waals surface area contributed by atoms with Crippen LogP contribution < -0.4 is 9.47 Å². The molecule has 0 amide bonds. The molecule has 1 aliphatic heterocycles. The zero-order chi connectivity index (χ0) is 13.2. The smallest absolute Gasteiger partial charge is 0.454 e. The molecule has 1 heterocycles. The molecule has 2 rings (SSSR count). The molecule has 1 aromatic rings. The Kier molecular flexibility index (Phi) is 3.51. The molecular weight excluding hydrogens is 248 g/mol. The van der Waals surface area contributed by atoms with Crippen molar-refractivity contribution < 1.29 is 27.2 Å². The lowest BCUT2D eigenvalue weighted by Crippen LogP contribution is -2.22. The predicted molar refractivity (Wildman–Crippen MR) is 60.4 cm³/mol. The van der Waals surface area contributed by atoms with Gasteiger partial charge < -0.3 is 27.2 Å². The molecule has 0 bridgehead atoms. The highest BCUT2D eigenvalue weighted by atomic mass is 19.4. The molecule has 1 aromatic carbocycles. The topological polar surface area (TPSA) is 27.7 Å². The fourth-order valence-electron chi connectivity index (χ4n) is 1.43. The molecule has 0 N–H and O–H groups in total. The summed E-state index contributed by atoms with van der Waals surface area (Å²) >= 11 is 0. The number of hydrogen-bond acceptors (Lipinski definition) is 3. The lowest BCUT2D eigenvalue weighted by atomic mass is 9.81. The quantitative estimate of drug-likeness (QED) is 0.761. The summed E-state index contributed by atoms with van der Waals surface area (Å²) in [6.45, 7) is -2.36. The van der Waals surface area contributed by atoms with Crippen molar-refractivity contribution in [1.29, 1.82) is 0 Å². The highest BCUT2D eigenvalue weighted by Crippen LogP contribution is 2.32. The fraction of sp³-hybridized carbons (Fsp3) is 0.273. The second kappa shape index (κ2) is 4.93. The van der Waals surface area contributed by atoms with Crippen LogP contribution in [0.15, 0.2) is 30.3 Å². The lowest BCUT2D eigenvalue weighted by Gasteiger charge is -2.17. The van der Waals surface area contributed by atoms with E-state index >= 15 is 0 Å². The molecule has 3 nitrogen and oxygen atoms in total.